The molecule has 26 heavy (non-hydrogen) atoms. The zero-order valence-electron chi connectivity index (χ0n) is 15.8. The first-order valence-corrected chi connectivity index (χ1v) is 8.84. The van der Waals surface area contributed by atoms with Crippen LogP contribution in [-0.2, 0) is 23.9 Å². The maximum atomic E-state index is 12.5. The third-order valence-corrected chi connectivity index (χ3v) is 3.48. The number of hydrogen-bond acceptors (Lipinski definition) is 5. The third-order valence-electron chi connectivity index (χ3n) is 3.48. The van der Waals surface area contributed by atoms with E-state index in [0.717, 1.165) is 0 Å². The number of allylic oxidation sites excluding steroid dienone is 4. The number of carboxylic acid groups (broad SMARTS) is 1. The van der Waals surface area contributed by atoms with E-state index in [1.165, 1.54) is 0 Å². The van der Waals surface area contributed by atoms with E-state index in [9.17, 15) is 24.3 Å². The number of rotatable bonds is 12. The van der Waals surface area contributed by atoms with Crippen molar-refractivity contribution in [3.8, 4) is 0 Å². The lowest BCUT2D eigenvalue weighted by Crippen LogP contribution is -2.49. The Labute approximate surface area is 154 Å². The fourth-order valence-corrected chi connectivity index (χ4v) is 2.20. The number of carboxylic acids is 1. The van der Waals surface area contributed by atoms with Crippen molar-refractivity contribution in [2.75, 3.05) is 6.61 Å². The quantitative estimate of drug-likeness (QED) is 0.420. The minimum absolute atomic E-state index is 0.00646. The SMILES string of the molecule is C/C=C/CCC(=O)N(C(=O)CC/C=C/C)C(CC(=O)OCCC)C(=O)O. The Morgan fingerprint density at radius 3 is 1.88 bits per heavy atom. The smallest absolute Gasteiger partial charge is 0.327 e. The number of amides is 2. The molecule has 7 heteroatoms. The molecule has 0 heterocycles. The molecule has 0 aromatic heterocycles. The topological polar surface area (TPSA) is 101 Å². The van der Waals surface area contributed by atoms with E-state index < -0.39 is 36.2 Å². The summed E-state index contributed by atoms with van der Waals surface area (Å²) in [5.74, 6) is -3.36. The second-order valence-corrected chi connectivity index (χ2v) is 5.65. The van der Waals surface area contributed by atoms with Gasteiger partial charge in [-0.05, 0) is 33.1 Å². The van der Waals surface area contributed by atoms with Gasteiger partial charge in [-0.1, -0.05) is 31.2 Å². The van der Waals surface area contributed by atoms with E-state index in [1.807, 2.05) is 6.92 Å². The number of ether oxygens (including phenoxy) is 1. The van der Waals surface area contributed by atoms with Crippen molar-refractivity contribution in [1.82, 2.24) is 4.90 Å². The van der Waals surface area contributed by atoms with Gasteiger partial charge in [0.05, 0.1) is 13.0 Å². The van der Waals surface area contributed by atoms with E-state index in [0.29, 0.717) is 24.2 Å². The molecule has 2 amide bonds. The van der Waals surface area contributed by atoms with Gasteiger partial charge in [-0.2, -0.15) is 0 Å². The first kappa shape index (κ1) is 23.6. The van der Waals surface area contributed by atoms with Crippen LogP contribution in [0.1, 0.15) is 59.3 Å². The van der Waals surface area contributed by atoms with E-state index in [2.05, 4.69) is 0 Å². The van der Waals surface area contributed by atoms with E-state index in [-0.39, 0.29) is 19.4 Å². The van der Waals surface area contributed by atoms with Crippen molar-refractivity contribution in [3.05, 3.63) is 24.3 Å². The summed E-state index contributed by atoms with van der Waals surface area (Å²) in [5, 5.41) is 9.48. The first-order chi connectivity index (χ1) is 12.4. The lowest BCUT2D eigenvalue weighted by atomic mass is 10.1. The Morgan fingerprint density at radius 1 is 1.00 bits per heavy atom. The number of esters is 1. The molecule has 1 unspecified atom stereocenters. The minimum Gasteiger partial charge on any atom is -0.480 e. The number of hydrogen-bond donors (Lipinski definition) is 1. The maximum Gasteiger partial charge on any atom is 0.327 e. The molecular formula is C19H29NO6. The molecule has 0 aromatic carbocycles. The zero-order chi connectivity index (χ0) is 19.9. The van der Waals surface area contributed by atoms with Gasteiger partial charge in [0.15, 0.2) is 0 Å². The molecule has 0 fully saturated rings. The summed E-state index contributed by atoms with van der Waals surface area (Å²) in [6.45, 7) is 5.57. The first-order valence-electron chi connectivity index (χ1n) is 8.84. The monoisotopic (exact) mass is 367 g/mol. The van der Waals surface area contributed by atoms with Crippen LogP contribution in [-0.4, -0.2) is 46.4 Å². The van der Waals surface area contributed by atoms with Crippen molar-refractivity contribution in [2.24, 2.45) is 0 Å². The van der Waals surface area contributed by atoms with Crippen molar-refractivity contribution >= 4 is 23.8 Å². The Morgan fingerprint density at radius 2 is 1.50 bits per heavy atom. The Kier molecular flexibility index (Phi) is 12.5. The van der Waals surface area contributed by atoms with Gasteiger partial charge in [-0.25, -0.2) is 4.79 Å². The van der Waals surface area contributed by atoms with Crippen LogP contribution in [0.25, 0.3) is 0 Å². The fraction of sp³-hybridized carbons (Fsp3) is 0.579. The van der Waals surface area contributed by atoms with Gasteiger partial charge >= 0.3 is 11.9 Å². The highest BCUT2D eigenvalue weighted by atomic mass is 16.5. The second kappa shape index (κ2) is 13.8. The number of carbonyl (C=O) groups excluding carboxylic acids is 3. The van der Waals surface area contributed by atoms with Crippen LogP contribution in [0.3, 0.4) is 0 Å². The van der Waals surface area contributed by atoms with Crippen molar-refractivity contribution in [2.45, 2.75) is 65.3 Å². The molecule has 0 saturated heterocycles. The summed E-state index contributed by atoms with van der Waals surface area (Å²) in [6, 6.07) is -1.56. The Hall–Kier alpha value is -2.44. The summed E-state index contributed by atoms with van der Waals surface area (Å²) in [4.78, 5) is 49.1. The molecule has 0 bridgehead atoms. The summed E-state index contributed by atoms with van der Waals surface area (Å²) in [6.07, 6.45) is 7.85. The van der Waals surface area contributed by atoms with Crippen LogP contribution in [0.15, 0.2) is 24.3 Å². The van der Waals surface area contributed by atoms with Crippen LogP contribution in [0.2, 0.25) is 0 Å². The van der Waals surface area contributed by atoms with Crippen molar-refractivity contribution < 1.29 is 29.0 Å². The van der Waals surface area contributed by atoms with Crippen LogP contribution in [0, 0.1) is 0 Å². The highest BCUT2D eigenvalue weighted by Gasteiger charge is 2.35. The van der Waals surface area contributed by atoms with Crippen molar-refractivity contribution in [1.29, 1.82) is 0 Å². The molecule has 0 saturated carbocycles. The van der Waals surface area contributed by atoms with Crippen LogP contribution < -0.4 is 0 Å². The molecule has 0 spiro atoms. The lowest BCUT2D eigenvalue weighted by Gasteiger charge is -2.26. The molecule has 0 rings (SSSR count). The van der Waals surface area contributed by atoms with Gasteiger partial charge in [-0.3, -0.25) is 19.3 Å². The van der Waals surface area contributed by atoms with E-state index >= 15 is 0 Å². The van der Waals surface area contributed by atoms with Gasteiger partial charge in [0.2, 0.25) is 11.8 Å². The molecule has 1 atom stereocenters. The highest BCUT2D eigenvalue weighted by Crippen LogP contribution is 2.14. The van der Waals surface area contributed by atoms with Gasteiger partial charge < -0.3 is 9.84 Å². The van der Waals surface area contributed by atoms with Gasteiger partial charge in [-0.15, -0.1) is 0 Å². The second-order valence-electron chi connectivity index (χ2n) is 5.65. The van der Waals surface area contributed by atoms with Gasteiger partial charge in [0, 0.05) is 12.8 Å². The third kappa shape index (κ3) is 9.15. The average molecular weight is 367 g/mol. The molecule has 0 radical (unpaired) electrons. The number of carbonyl (C=O) groups is 4. The summed E-state index contributed by atoms with van der Waals surface area (Å²) in [7, 11) is 0. The van der Waals surface area contributed by atoms with Crippen LogP contribution >= 0.6 is 0 Å². The molecule has 0 aliphatic rings. The molecule has 0 aromatic rings. The Bertz CT molecular complexity index is 510. The molecule has 1 N–H and O–H groups in total. The maximum absolute atomic E-state index is 12.5. The van der Waals surface area contributed by atoms with E-state index in [1.54, 1.807) is 38.2 Å². The summed E-state index contributed by atoms with van der Waals surface area (Å²) < 4.78 is 4.90. The molecule has 7 nitrogen and oxygen atoms in total. The predicted molar refractivity (Wildman–Crippen MR) is 97.2 cm³/mol. The predicted octanol–water partition coefficient (Wildman–Crippen LogP) is 2.85. The average Bonchev–Trinajstić information content (AvgIpc) is 2.59. The molecular weight excluding hydrogens is 338 g/mol. The standard InChI is InChI=1S/C19H29NO6/c1-4-7-9-11-16(21)20(17(22)12-10-8-5-2)15(19(24)25)14-18(23)26-13-6-3/h4-5,7-8,15H,6,9-14H2,1-3H3,(H,24,25)/b7-4+,8-5+. The minimum atomic E-state index is -1.56. The van der Waals surface area contributed by atoms with Crippen LogP contribution in [0.5, 0.6) is 0 Å². The molecule has 146 valence electrons. The largest absolute Gasteiger partial charge is 0.480 e. The summed E-state index contributed by atoms with van der Waals surface area (Å²) in [5.41, 5.74) is 0. The van der Waals surface area contributed by atoms with Gasteiger partial charge in [0.1, 0.15) is 6.04 Å². The normalized spacial score (nSPS) is 12.3. The lowest BCUT2D eigenvalue weighted by molar-refractivity contribution is -0.161. The summed E-state index contributed by atoms with van der Waals surface area (Å²) >= 11 is 0. The van der Waals surface area contributed by atoms with E-state index in [4.69, 9.17) is 4.74 Å². The Balaban J connectivity index is 5.36. The fourth-order valence-electron chi connectivity index (χ4n) is 2.20. The number of nitrogens with zero attached hydrogens (tertiary/aromatic N) is 1. The molecule has 0 aliphatic heterocycles. The highest BCUT2D eigenvalue weighted by molar-refractivity contribution is 6.00. The van der Waals surface area contributed by atoms with Crippen LogP contribution in [0.4, 0.5) is 0 Å². The number of imide groups is 1. The zero-order valence-corrected chi connectivity index (χ0v) is 15.8. The van der Waals surface area contributed by atoms with Crippen molar-refractivity contribution in [3.63, 3.8) is 0 Å². The van der Waals surface area contributed by atoms with Gasteiger partial charge in [0.25, 0.3) is 0 Å². The molecule has 0 aliphatic carbocycles. The number of aliphatic carboxylic acids is 1.